The third-order valence-corrected chi connectivity index (χ3v) is 3.99. The van der Waals surface area contributed by atoms with Gasteiger partial charge in [0.1, 0.15) is 11.0 Å². The second-order valence-electron chi connectivity index (χ2n) is 4.13. The van der Waals surface area contributed by atoms with Gasteiger partial charge >= 0.3 is 0 Å². The molecule has 2 heterocycles. The molecule has 8 heteroatoms. The first-order valence-electron chi connectivity index (χ1n) is 5.63. The zero-order valence-corrected chi connectivity index (χ0v) is 12.4. The molecule has 0 radical (unpaired) electrons. The molecule has 0 bridgehead atoms. The molecule has 5 nitrogen and oxygen atoms in total. The van der Waals surface area contributed by atoms with E-state index in [1.807, 2.05) is 0 Å². The average molecular weight is 357 g/mol. The van der Waals surface area contributed by atoms with Crippen LogP contribution in [-0.2, 0) is 6.54 Å². The molecule has 0 aliphatic rings. The van der Waals surface area contributed by atoms with Crippen LogP contribution in [0.2, 0.25) is 5.15 Å². The van der Waals surface area contributed by atoms with E-state index in [2.05, 4.69) is 31.0 Å². The number of rotatable bonds is 2. The third-order valence-electron chi connectivity index (χ3n) is 2.82. The van der Waals surface area contributed by atoms with Gasteiger partial charge in [-0.1, -0.05) is 23.7 Å². The van der Waals surface area contributed by atoms with Crippen molar-refractivity contribution in [2.45, 2.75) is 6.54 Å². The molecule has 0 aliphatic carbocycles. The van der Waals surface area contributed by atoms with Crippen LogP contribution in [0.15, 0.2) is 28.9 Å². The van der Waals surface area contributed by atoms with Gasteiger partial charge in [-0.3, -0.25) is 0 Å². The summed E-state index contributed by atoms with van der Waals surface area (Å²) in [5.41, 5.74) is 6.83. The van der Waals surface area contributed by atoms with E-state index in [0.29, 0.717) is 22.1 Å². The SMILES string of the molecule is Nc1nc(Cl)c2cnn(Cc3cccc(F)c3Br)c2n1. The van der Waals surface area contributed by atoms with Crippen LogP contribution >= 0.6 is 27.5 Å². The number of aromatic nitrogens is 4. The Morgan fingerprint density at radius 2 is 2.15 bits per heavy atom. The monoisotopic (exact) mass is 355 g/mol. The number of benzene rings is 1. The van der Waals surface area contributed by atoms with Gasteiger partial charge in [0, 0.05) is 0 Å². The molecule has 3 rings (SSSR count). The van der Waals surface area contributed by atoms with Crippen LogP contribution in [0.1, 0.15) is 5.56 Å². The summed E-state index contributed by atoms with van der Waals surface area (Å²) in [5.74, 6) is -0.256. The summed E-state index contributed by atoms with van der Waals surface area (Å²) >= 11 is 9.20. The van der Waals surface area contributed by atoms with E-state index < -0.39 is 0 Å². The molecule has 1 aromatic carbocycles. The number of nitrogens with two attached hydrogens (primary N) is 1. The molecular weight excluding hydrogens is 349 g/mol. The number of fused-ring (bicyclic) bond motifs is 1. The maximum Gasteiger partial charge on any atom is 0.223 e. The molecule has 102 valence electrons. The van der Waals surface area contributed by atoms with Crippen LogP contribution in [-0.4, -0.2) is 19.7 Å². The van der Waals surface area contributed by atoms with Gasteiger partial charge in [0.15, 0.2) is 5.65 Å². The minimum Gasteiger partial charge on any atom is -0.368 e. The van der Waals surface area contributed by atoms with Crippen LogP contribution in [0.4, 0.5) is 10.3 Å². The smallest absolute Gasteiger partial charge is 0.223 e. The summed E-state index contributed by atoms with van der Waals surface area (Å²) in [6.07, 6.45) is 1.56. The zero-order chi connectivity index (χ0) is 14.3. The van der Waals surface area contributed by atoms with Crippen LogP contribution in [0, 0.1) is 5.82 Å². The first-order valence-corrected chi connectivity index (χ1v) is 6.81. The first kappa shape index (κ1) is 13.3. The van der Waals surface area contributed by atoms with Gasteiger partial charge in [0.2, 0.25) is 5.95 Å². The van der Waals surface area contributed by atoms with Crippen molar-refractivity contribution in [3.63, 3.8) is 0 Å². The minimum absolute atomic E-state index is 0.0718. The van der Waals surface area contributed by atoms with E-state index >= 15 is 0 Å². The highest BCUT2D eigenvalue weighted by Gasteiger charge is 2.12. The number of nitrogen functional groups attached to an aromatic ring is 1. The predicted octanol–water partition coefficient (Wildman–Crippen LogP) is 3.01. The first-order chi connectivity index (χ1) is 9.56. The van der Waals surface area contributed by atoms with Gasteiger partial charge in [-0.2, -0.15) is 10.1 Å². The zero-order valence-electron chi connectivity index (χ0n) is 10.0. The fourth-order valence-corrected chi connectivity index (χ4v) is 2.49. The van der Waals surface area contributed by atoms with Crippen molar-refractivity contribution in [3.05, 3.63) is 45.4 Å². The second-order valence-corrected chi connectivity index (χ2v) is 5.28. The Hall–Kier alpha value is -1.73. The Balaban J connectivity index is 2.09. The molecule has 0 atom stereocenters. The summed E-state index contributed by atoms with van der Waals surface area (Å²) in [7, 11) is 0. The number of anilines is 1. The lowest BCUT2D eigenvalue weighted by Gasteiger charge is -2.06. The lowest BCUT2D eigenvalue weighted by atomic mass is 10.2. The Morgan fingerprint density at radius 3 is 2.95 bits per heavy atom. The quantitative estimate of drug-likeness (QED) is 0.717. The number of hydrogen-bond acceptors (Lipinski definition) is 4. The Kier molecular flexibility index (Phi) is 3.31. The Bertz CT molecular complexity index is 804. The van der Waals surface area contributed by atoms with E-state index in [4.69, 9.17) is 17.3 Å². The van der Waals surface area contributed by atoms with Gasteiger partial charge in [-0.15, -0.1) is 0 Å². The summed E-state index contributed by atoms with van der Waals surface area (Å²) in [5, 5.41) is 5.05. The highest BCUT2D eigenvalue weighted by Crippen LogP contribution is 2.24. The molecular formula is C12H8BrClFN5. The summed E-state index contributed by atoms with van der Waals surface area (Å²) in [6.45, 7) is 0.342. The lowest BCUT2D eigenvalue weighted by Crippen LogP contribution is -2.05. The molecule has 0 unspecified atom stereocenters. The molecule has 0 fully saturated rings. The number of hydrogen-bond donors (Lipinski definition) is 1. The van der Waals surface area contributed by atoms with Crippen molar-refractivity contribution in [2.75, 3.05) is 5.73 Å². The topological polar surface area (TPSA) is 69.6 Å². The summed E-state index contributed by atoms with van der Waals surface area (Å²) < 4.78 is 15.5. The van der Waals surface area contributed by atoms with Gasteiger partial charge in [-0.05, 0) is 27.6 Å². The Morgan fingerprint density at radius 1 is 1.35 bits per heavy atom. The van der Waals surface area contributed by atoms with Crippen LogP contribution in [0.25, 0.3) is 11.0 Å². The van der Waals surface area contributed by atoms with Gasteiger partial charge in [0.05, 0.1) is 22.6 Å². The van der Waals surface area contributed by atoms with E-state index in [-0.39, 0.29) is 16.9 Å². The fourth-order valence-electron chi connectivity index (χ4n) is 1.88. The van der Waals surface area contributed by atoms with Crippen molar-refractivity contribution < 1.29 is 4.39 Å². The van der Waals surface area contributed by atoms with E-state index in [1.54, 1.807) is 23.0 Å². The molecule has 0 amide bonds. The van der Waals surface area contributed by atoms with Gasteiger partial charge in [-0.25, -0.2) is 14.1 Å². The van der Waals surface area contributed by atoms with Crippen molar-refractivity contribution in [2.24, 2.45) is 0 Å². The molecule has 3 aromatic rings. The standard InChI is InChI=1S/C12H8BrClFN5/c13-9-6(2-1-3-8(9)15)5-20-11-7(4-17-20)10(14)18-12(16)19-11/h1-4H,5H2,(H2,16,18,19). The molecule has 0 saturated carbocycles. The van der Waals surface area contributed by atoms with Crippen molar-refractivity contribution in [3.8, 4) is 0 Å². The van der Waals surface area contributed by atoms with E-state index in [9.17, 15) is 4.39 Å². The van der Waals surface area contributed by atoms with Crippen molar-refractivity contribution in [1.29, 1.82) is 0 Å². The molecule has 0 spiro atoms. The van der Waals surface area contributed by atoms with Gasteiger partial charge < -0.3 is 5.73 Å². The summed E-state index contributed by atoms with van der Waals surface area (Å²) in [4.78, 5) is 7.98. The highest BCUT2D eigenvalue weighted by molar-refractivity contribution is 9.10. The van der Waals surface area contributed by atoms with E-state index in [1.165, 1.54) is 6.07 Å². The van der Waals surface area contributed by atoms with Gasteiger partial charge in [0.25, 0.3) is 0 Å². The summed E-state index contributed by atoms with van der Waals surface area (Å²) in [6, 6.07) is 4.82. The van der Waals surface area contributed by atoms with E-state index in [0.717, 1.165) is 5.56 Å². The normalized spacial score (nSPS) is 11.2. The fraction of sp³-hybridized carbons (Fsp3) is 0.0833. The van der Waals surface area contributed by atoms with Crippen LogP contribution < -0.4 is 5.73 Å². The lowest BCUT2D eigenvalue weighted by molar-refractivity contribution is 0.612. The predicted molar refractivity (Wildman–Crippen MR) is 77.9 cm³/mol. The molecule has 20 heavy (non-hydrogen) atoms. The van der Waals surface area contributed by atoms with Crippen molar-refractivity contribution >= 4 is 44.5 Å². The highest BCUT2D eigenvalue weighted by atomic mass is 79.9. The van der Waals surface area contributed by atoms with Crippen LogP contribution in [0.3, 0.4) is 0 Å². The minimum atomic E-state index is -0.328. The number of halogens is 3. The third kappa shape index (κ3) is 2.23. The Labute approximate surface area is 126 Å². The maximum absolute atomic E-state index is 13.5. The van der Waals surface area contributed by atoms with Crippen molar-refractivity contribution in [1.82, 2.24) is 19.7 Å². The number of nitrogens with zero attached hydrogens (tertiary/aromatic N) is 4. The maximum atomic E-state index is 13.5. The molecule has 0 saturated heterocycles. The molecule has 2 N–H and O–H groups in total. The second kappa shape index (κ2) is 4.99. The average Bonchev–Trinajstić information content (AvgIpc) is 2.78. The molecule has 2 aromatic heterocycles. The largest absolute Gasteiger partial charge is 0.368 e. The molecule has 0 aliphatic heterocycles. The van der Waals surface area contributed by atoms with Crippen LogP contribution in [0.5, 0.6) is 0 Å².